The Hall–Kier alpha value is -1.96. The molecular weight excluding hydrogens is 198 g/mol. The molecule has 2 aromatic rings. The summed E-state index contributed by atoms with van der Waals surface area (Å²) in [7, 11) is 0. The number of nitrogen functional groups attached to an aromatic ring is 1. The van der Waals surface area contributed by atoms with E-state index >= 15 is 0 Å². The standard InChI is InChI=1S/C14H15NO/c15-13-3-1-2-12(10-13)5-4-11-6-8-14(16)9-7-11/h1-3,6-10,16H,4-5,15H2. The lowest BCUT2D eigenvalue weighted by Crippen LogP contribution is -1.92. The predicted molar refractivity (Wildman–Crippen MR) is 66.4 cm³/mol. The molecule has 0 aromatic heterocycles. The maximum atomic E-state index is 9.16. The second-order valence-corrected chi connectivity index (χ2v) is 3.91. The van der Waals surface area contributed by atoms with Crippen molar-refractivity contribution in [1.29, 1.82) is 0 Å². The topological polar surface area (TPSA) is 46.2 Å². The van der Waals surface area contributed by atoms with E-state index in [9.17, 15) is 0 Å². The van der Waals surface area contributed by atoms with Crippen molar-refractivity contribution >= 4 is 5.69 Å². The van der Waals surface area contributed by atoms with E-state index in [1.807, 2.05) is 30.3 Å². The van der Waals surface area contributed by atoms with Gasteiger partial charge in [0.05, 0.1) is 0 Å². The summed E-state index contributed by atoms with van der Waals surface area (Å²) in [5, 5.41) is 9.16. The molecule has 0 aliphatic carbocycles. The average molecular weight is 213 g/mol. The third kappa shape index (κ3) is 2.76. The molecule has 0 heterocycles. The highest BCUT2D eigenvalue weighted by Crippen LogP contribution is 2.13. The quantitative estimate of drug-likeness (QED) is 0.770. The molecule has 2 aromatic carbocycles. The molecule has 2 nitrogen and oxygen atoms in total. The molecule has 2 rings (SSSR count). The molecule has 0 saturated heterocycles. The van der Waals surface area contributed by atoms with Gasteiger partial charge in [0.15, 0.2) is 0 Å². The predicted octanol–water partition coefficient (Wildman–Crippen LogP) is 2.76. The molecular formula is C14H15NO. The number of nitrogens with two attached hydrogens (primary N) is 1. The van der Waals surface area contributed by atoms with Gasteiger partial charge in [0.2, 0.25) is 0 Å². The molecule has 0 radical (unpaired) electrons. The maximum absolute atomic E-state index is 9.16. The monoisotopic (exact) mass is 213 g/mol. The third-order valence-electron chi connectivity index (χ3n) is 2.59. The number of hydrogen-bond acceptors (Lipinski definition) is 2. The summed E-state index contributed by atoms with van der Waals surface area (Å²) in [5.41, 5.74) is 8.99. The number of rotatable bonds is 3. The molecule has 16 heavy (non-hydrogen) atoms. The van der Waals surface area contributed by atoms with Crippen LogP contribution in [-0.4, -0.2) is 5.11 Å². The summed E-state index contributed by atoms with van der Waals surface area (Å²) in [4.78, 5) is 0. The van der Waals surface area contributed by atoms with Crippen LogP contribution in [0, 0.1) is 0 Å². The Morgan fingerprint density at radius 3 is 2.25 bits per heavy atom. The van der Waals surface area contributed by atoms with Crippen molar-refractivity contribution in [3.8, 4) is 5.75 Å². The van der Waals surface area contributed by atoms with E-state index in [2.05, 4.69) is 6.07 Å². The van der Waals surface area contributed by atoms with Gasteiger partial charge in [-0.05, 0) is 48.2 Å². The zero-order valence-electron chi connectivity index (χ0n) is 9.06. The van der Waals surface area contributed by atoms with E-state index in [0.717, 1.165) is 18.5 Å². The van der Waals surface area contributed by atoms with Gasteiger partial charge < -0.3 is 10.8 Å². The molecule has 3 N–H and O–H groups in total. The average Bonchev–Trinajstić information content (AvgIpc) is 2.28. The zero-order valence-corrected chi connectivity index (χ0v) is 9.06. The van der Waals surface area contributed by atoms with Crippen LogP contribution in [0.15, 0.2) is 48.5 Å². The number of phenols is 1. The molecule has 0 atom stereocenters. The normalized spacial score (nSPS) is 10.2. The lowest BCUT2D eigenvalue weighted by Gasteiger charge is -2.03. The van der Waals surface area contributed by atoms with E-state index < -0.39 is 0 Å². The number of hydrogen-bond donors (Lipinski definition) is 2. The van der Waals surface area contributed by atoms with Crippen LogP contribution >= 0.6 is 0 Å². The van der Waals surface area contributed by atoms with Crippen molar-refractivity contribution in [1.82, 2.24) is 0 Å². The zero-order chi connectivity index (χ0) is 11.4. The summed E-state index contributed by atoms with van der Waals surface area (Å²) in [6.07, 6.45) is 1.93. The van der Waals surface area contributed by atoms with Gasteiger partial charge >= 0.3 is 0 Å². The van der Waals surface area contributed by atoms with Gasteiger partial charge in [-0.25, -0.2) is 0 Å². The number of benzene rings is 2. The number of anilines is 1. The van der Waals surface area contributed by atoms with Crippen LogP contribution < -0.4 is 5.73 Å². The Morgan fingerprint density at radius 1 is 0.875 bits per heavy atom. The van der Waals surface area contributed by atoms with E-state index in [1.54, 1.807) is 12.1 Å². The maximum Gasteiger partial charge on any atom is 0.115 e. The van der Waals surface area contributed by atoms with Gasteiger partial charge in [-0.15, -0.1) is 0 Å². The Balaban J connectivity index is 1.99. The number of phenolic OH excluding ortho intramolecular Hbond substituents is 1. The van der Waals surface area contributed by atoms with Crippen molar-refractivity contribution in [3.63, 3.8) is 0 Å². The van der Waals surface area contributed by atoms with Gasteiger partial charge in [-0.1, -0.05) is 24.3 Å². The van der Waals surface area contributed by atoms with Gasteiger partial charge in [-0.3, -0.25) is 0 Å². The van der Waals surface area contributed by atoms with Gasteiger partial charge in [-0.2, -0.15) is 0 Å². The molecule has 0 fully saturated rings. The second kappa shape index (κ2) is 4.71. The summed E-state index contributed by atoms with van der Waals surface area (Å²) in [6.45, 7) is 0. The fraction of sp³-hybridized carbons (Fsp3) is 0.143. The molecule has 0 spiro atoms. The molecule has 0 bridgehead atoms. The Bertz CT molecular complexity index is 462. The molecule has 0 aliphatic heterocycles. The molecule has 0 aliphatic rings. The first-order valence-electron chi connectivity index (χ1n) is 5.36. The minimum absolute atomic E-state index is 0.313. The van der Waals surface area contributed by atoms with Crippen molar-refractivity contribution in [2.75, 3.05) is 5.73 Å². The first-order valence-corrected chi connectivity index (χ1v) is 5.36. The summed E-state index contributed by atoms with van der Waals surface area (Å²) >= 11 is 0. The highest BCUT2D eigenvalue weighted by molar-refractivity contribution is 5.40. The van der Waals surface area contributed by atoms with Crippen molar-refractivity contribution in [2.24, 2.45) is 0 Å². The van der Waals surface area contributed by atoms with Crippen LogP contribution in [0.1, 0.15) is 11.1 Å². The van der Waals surface area contributed by atoms with Crippen LogP contribution in [0.4, 0.5) is 5.69 Å². The second-order valence-electron chi connectivity index (χ2n) is 3.91. The molecule has 0 unspecified atom stereocenters. The number of aromatic hydroxyl groups is 1. The fourth-order valence-electron chi connectivity index (χ4n) is 1.70. The van der Waals surface area contributed by atoms with Crippen LogP contribution in [-0.2, 0) is 12.8 Å². The summed E-state index contributed by atoms with van der Waals surface area (Å²) in [5.74, 6) is 0.313. The minimum atomic E-state index is 0.313. The fourth-order valence-corrected chi connectivity index (χ4v) is 1.70. The SMILES string of the molecule is Nc1cccc(CCc2ccc(O)cc2)c1. The van der Waals surface area contributed by atoms with Crippen molar-refractivity contribution in [3.05, 3.63) is 59.7 Å². The van der Waals surface area contributed by atoms with E-state index in [4.69, 9.17) is 10.8 Å². The van der Waals surface area contributed by atoms with Crippen molar-refractivity contribution in [2.45, 2.75) is 12.8 Å². The van der Waals surface area contributed by atoms with Crippen LogP contribution in [0.2, 0.25) is 0 Å². The first kappa shape index (κ1) is 10.6. The van der Waals surface area contributed by atoms with Crippen LogP contribution in [0.5, 0.6) is 5.75 Å². The molecule has 0 saturated carbocycles. The van der Waals surface area contributed by atoms with Gasteiger partial charge in [0.25, 0.3) is 0 Å². The largest absolute Gasteiger partial charge is 0.508 e. The van der Waals surface area contributed by atoms with Crippen LogP contribution in [0.3, 0.4) is 0 Å². The summed E-state index contributed by atoms with van der Waals surface area (Å²) in [6, 6.07) is 15.3. The number of aryl methyl sites for hydroxylation is 2. The Labute approximate surface area is 95.4 Å². The highest BCUT2D eigenvalue weighted by atomic mass is 16.3. The first-order chi connectivity index (χ1) is 7.74. The highest BCUT2D eigenvalue weighted by Gasteiger charge is 1.96. The molecule has 82 valence electrons. The van der Waals surface area contributed by atoms with Crippen LogP contribution in [0.25, 0.3) is 0 Å². The van der Waals surface area contributed by atoms with E-state index in [1.165, 1.54) is 11.1 Å². The van der Waals surface area contributed by atoms with E-state index in [0.29, 0.717) is 5.75 Å². The lowest BCUT2D eigenvalue weighted by molar-refractivity contribution is 0.475. The summed E-state index contributed by atoms with van der Waals surface area (Å²) < 4.78 is 0. The molecule has 0 amide bonds. The van der Waals surface area contributed by atoms with Crippen molar-refractivity contribution < 1.29 is 5.11 Å². The smallest absolute Gasteiger partial charge is 0.115 e. The lowest BCUT2D eigenvalue weighted by atomic mass is 10.0. The van der Waals surface area contributed by atoms with E-state index in [-0.39, 0.29) is 0 Å². The Kier molecular flexibility index (Phi) is 3.10. The third-order valence-corrected chi connectivity index (χ3v) is 2.59. The Morgan fingerprint density at radius 2 is 1.56 bits per heavy atom. The minimum Gasteiger partial charge on any atom is -0.508 e. The van der Waals surface area contributed by atoms with Gasteiger partial charge in [0.1, 0.15) is 5.75 Å². The van der Waals surface area contributed by atoms with Gasteiger partial charge in [0, 0.05) is 5.69 Å². The molecule has 2 heteroatoms.